The van der Waals surface area contributed by atoms with E-state index in [-0.39, 0.29) is 16.9 Å². The lowest BCUT2D eigenvalue weighted by Crippen LogP contribution is -2.45. The monoisotopic (exact) mass is 368 g/mol. The van der Waals surface area contributed by atoms with Gasteiger partial charge in [0.15, 0.2) is 0 Å². The number of rotatable bonds is 4. The normalized spacial score (nSPS) is 22.8. The number of nitrogens with zero attached hydrogens (tertiary/aromatic N) is 2. The van der Waals surface area contributed by atoms with E-state index in [2.05, 4.69) is 0 Å². The van der Waals surface area contributed by atoms with Crippen molar-refractivity contribution in [1.29, 1.82) is 0 Å². The average Bonchev–Trinajstić information content (AvgIpc) is 2.68. The summed E-state index contributed by atoms with van der Waals surface area (Å²) in [6.45, 7) is 5.05. The van der Waals surface area contributed by atoms with Gasteiger partial charge < -0.3 is 14.4 Å². The zero-order valence-electron chi connectivity index (χ0n) is 14.4. The molecule has 2 fully saturated rings. The molecule has 8 heteroatoms. The van der Waals surface area contributed by atoms with Crippen LogP contribution in [0.3, 0.4) is 0 Å². The van der Waals surface area contributed by atoms with Crippen LogP contribution < -0.4 is 0 Å². The molecular weight excluding hydrogens is 344 g/mol. The van der Waals surface area contributed by atoms with Gasteiger partial charge in [-0.15, -0.1) is 0 Å². The van der Waals surface area contributed by atoms with Gasteiger partial charge in [0.25, 0.3) is 5.91 Å². The van der Waals surface area contributed by atoms with Crippen LogP contribution in [-0.2, 0) is 19.5 Å². The Morgan fingerprint density at radius 2 is 1.96 bits per heavy atom. The summed E-state index contributed by atoms with van der Waals surface area (Å²) in [6, 6.07) is 6.30. The van der Waals surface area contributed by atoms with Gasteiger partial charge in [0.05, 0.1) is 30.8 Å². The summed E-state index contributed by atoms with van der Waals surface area (Å²) in [6.07, 6.45) is 0.882. The molecule has 0 aliphatic carbocycles. The van der Waals surface area contributed by atoms with E-state index >= 15 is 0 Å². The third-order valence-electron chi connectivity index (χ3n) is 4.57. The van der Waals surface area contributed by atoms with Crippen molar-refractivity contribution in [3.05, 3.63) is 29.8 Å². The molecule has 1 amide bonds. The molecule has 1 aromatic rings. The summed E-state index contributed by atoms with van der Waals surface area (Å²) in [5.74, 6) is -0.152. The Morgan fingerprint density at radius 3 is 2.68 bits per heavy atom. The van der Waals surface area contributed by atoms with Crippen molar-refractivity contribution in [2.45, 2.75) is 24.3 Å². The molecular formula is C17H24N2O5S. The van der Waals surface area contributed by atoms with Crippen LogP contribution in [0, 0.1) is 0 Å². The van der Waals surface area contributed by atoms with E-state index in [9.17, 15) is 13.2 Å². The number of amides is 1. The number of morpholine rings is 2. The molecule has 2 heterocycles. The van der Waals surface area contributed by atoms with E-state index in [0.717, 1.165) is 6.42 Å². The fraction of sp³-hybridized carbons (Fsp3) is 0.588. The highest BCUT2D eigenvalue weighted by atomic mass is 32.2. The van der Waals surface area contributed by atoms with Gasteiger partial charge in [-0.3, -0.25) is 4.79 Å². The lowest BCUT2D eigenvalue weighted by molar-refractivity contribution is -0.0226. The first-order chi connectivity index (χ1) is 12.0. The Labute approximate surface area is 148 Å². The number of benzene rings is 1. The highest BCUT2D eigenvalue weighted by Crippen LogP contribution is 2.20. The summed E-state index contributed by atoms with van der Waals surface area (Å²) in [7, 11) is -3.61. The van der Waals surface area contributed by atoms with Crippen molar-refractivity contribution < 1.29 is 22.7 Å². The first-order valence-corrected chi connectivity index (χ1v) is 10.0. The number of hydrogen-bond donors (Lipinski definition) is 0. The molecule has 138 valence electrons. The first kappa shape index (κ1) is 18.3. The quantitative estimate of drug-likeness (QED) is 0.791. The minimum absolute atomic E-state index is 0.0398. The van der Waals surface area contributed by atoms with Crippen molar-refractivity contribution in [1.82, 2.24) is 9.21 Å². The van der Waals surface area contributed by atoms with Crippen molar-refractivity contribution in [3.8, 4) is 0 Å². The van der Waals surface area contributed by atoms with Crippen LogP contribution in [0.2, 0.25) is 0 Å². The summed E-state index contributed by atoms with van der Waals surface area (Å²) in [5, 5.41) is 0. The van der Waals surface area contributed by atoms with Crippen LogP contribution in [0.1, 0.15) is 23.7 Å². The SMILES string of the molecule is CCC1CN(C(=O)c2cccc(S(=O)(=O)N3CCOCC3)c2)CCO1. The van der Waals surface area contributed by atoms with Crippen molar-refractivity contribution in [2.24, 2.45) is 0 Å². The third kappa shape index (κ3) is 4.03. The Hall–Kier alpha value is -1.48. The number of carbonyl (C=O) groups excluding carboxylic acids is 1. The van der Waals surface area contributed by atoms with Crippen LogP contribution in [0.4, 0.5) is 0 Å². The molecule has 2 aliphatic heterocycles. The van der Waals surface area contributed by atoms with E-state index in [4.69, 9.17) is 9.47 Å². The predicted octanol–water partition coefficient (Wildman–Crippen LogP) is 0.958. The summed E-state index contributed by atoms with van der Waals surface area (Å²) in [4.78, 5) is 14.6. The number of sulfonamides is 1. The standard InChI is InChI=1S/C17H24N2O5S/c1-2-15-13-18(6-11-24-15)17(20)14-4-3-5-16(12-14)25(21,22)19-7-9-23-10-8-19/h3-5,12,15H,2,6-11,13H2,1H3. The summed E-state index contributed by atoms with van der Waals surface area (Å²) < 4.78 is 37.7. The van der Waals surface area contributed by atoms with E-state index in [1.807, 2.05) is 6.92 Å². The highest BCUT2D eigenvalue weighted by molar-refractivity contribution is 7.89. The molecule has 0 bridgehead atoms. The van der Waals surface area contributed by atoms with Crippen LogP contribution >= 0.6 is 0 Å². The zero-order chi connectivity index (χ0) is 17.9. The van der Waals surface area contributed by atoms with Gasteiger partial charge in [-0.05, 0) is 24.6 Å². The molecule has 2 saturated heterocycles. The maximum atomic E-state index is 12.8. The Bertz CT molecular complexity index is 716. The molecule has 3 rings (SSSR count). The second kappa shape index (κ2) is 7.82. The highest BCUT2D eigenvalue weighted by Gasteiger charge is 2.28. The average molecular weight is 368 g/mol. The molecule has 25 heavy (non-hydrogen) atoms. The van der Waals surface area contributed by atoms with Crippen LogP contribution in [0.25, 0.3) is 0 Å². The molecule has 2 aliphatic rings. The molecule has 0 spiro atoms. The summed E-state index contributed by atoms with van der Waals surface area (Å²) >= 11 is 0. The van der Waals surface area contributed by atoms with Gasteiger partial charge in [-0.2, -0.15) is 4.31 Å². The minimum atomic E-state index is -3.61. The lowest BCUT2D eigenvalue weighted by atomic mass is 10.1. The van der Waals surface area contributed by atoms with Crippen molar-refractivity contribution in [3.63, 3.8) is 0 Å². The Morgan fingerprint density at radius 1 is 1.20 bits per heavy atom. The lowest BCUT2D eigenvalue weighted by Gasteiger charge is -2.32. The molecule has 1 atom stereocenters. The minimum Gasteiger partial charge on any atom is -0.379 e. The zero-order valence-corrected chi connectivity index (χ0v) is 15.2. The van der Waals surface area contributed by atoms with Gasteiger partial charge in [0.1, 0.15) is 0 Å². The molecule has 0 aromatic heterocycles. The fourth-order valence-electron chi connectivity index (χ4n) is 3.06. The van der Waals surface area contributed by atoms with Crippen molar-refractivity contribution >= 4 is 15.9 Å². The number of hydrogen-bond acceptors (Lipinski definition) is 5. The largest absolute Gasteiger partial charge is 0.379 e. The second-order valence-electron chi connectivity index (χ2n) is 6.20. The van der Waals surface area contributed by atoms with Gasteiger partial charge in [-0.25, -0.2) is 8.42 Å². The van der Waals surface area contributed by atoms with Gasteiger partial charge in [0.2, 0.25) is 10.0 Å². The number of carbonyl (C=O) groups is 1. The topological polar surface area (TPSA) is 76.2 Å². The van der Waals surface area contributed by atoms with Crippen LogP contribution in [0.5, 0.6) is 0 Å². The fourth-order valence-corrected chi connectivity index (χ4v) is 4.51. The van der Waals surface area contributed by atoms with E-state index in [0.29, 0.717) is 51.6 Å². The smallest absolute Gasteiger partial charge is 0.254 e. The van der Waals surface area contributed by atoms with E-state index < -0.39 is 10.0 Å². The molecule has 7 nitrogen and oxygen atoms in total. The number of ether oxygens (including phenoxy) is 2. The van der Waals surface area contributed by atoms with E-state index in [1.54, 1.807) is 17.0 Å². The molecule has 0 saturated carbocycles. The van der Waals surface area contributed by atoms with Gasteiger partial charge >= 0.3 is 0 Å². The Kier molecular flexibility index (Phi) is 5.73. The molecule has 0 N–H and O–H groups in total. The van der Waals surface area contributed by atoms with Crippen LogP contribution in [0.15, 0.2) is 29.2 Å². The van der Waals surface area contributed by atoms with Crippen molar-refractivity contribution in [2.75, 3.05) is 46.0 Å². The maximum absolute atomic E-state index is 12.8. The Balaban J connectivity index is 1.80. The second-order valence-corrected chi connectivity index (χ2v) is 8.13. The van der Waals surface area contributed by atoms with Gasteiger partial charge in [0, 0.05) is 31.7 Å². The van der Waals surface area contributed by atoms with Crippen LogP contribution in [-0.4, -0.2) is 75.6 Å². The third-order valence-corrected chi connectivity index (χ3v) is 6.46. The molecule has 0 radical (unpaired) electrons. The summed E-state index contributed by atoms with van der Waals surface area (Å²) in [5.41, 5.74) is 0.395. The van der Waals surface area contributed by atoms with E-state index in [1.165, 1.54) is 16.4 Å². The molecule has 1 aromatic carbocycles. The molecule has 1 unspecified atom stereocenters. The first-order valence-electron chi connectivity index (χ1n) is 8.61. The van der Waals surface area contributed by atoms with Gasteiger partial charge in [-0.1, -0.05) is 13.0 Å². The predicted molar refractivity (Wildman–Crippen MR) is 92.0 cm³/mol. The maximum Gasteiger partial charge on any atom is 0.254 e.